The van der Waals surface area contributed by atoms with Gasteiger partial charge in [0.2, 0.25) is 0 Å². The number of rotatable bonds is 5. The minimum Gasteiger partial charge on any atom is -0.378 e. The van der Waals surface area contributed by atoms with E-state index in [0.29, 0.717) is 11.3 Å². The summed E-state index contributed by atoms with van der Waals surface area (Å²) < 4.78 is 0. The van der Waals surface area contributed by atoms with E-state index in [2.05, 4.69) is 51.3 Å². The van der Waals surface area contributed by atoms with Gasteiger partial charge in [0.1, 0.15) is 5.82 Å². The van der Waals surface area contributed by atoms with Crippen molar-refractivity contribution in [2.24, 2.45) is 0 Å². The molecule has 0 radical (unpaired) electrons. The lowest BCUT2D eigenvalue weighted by Gasteiger charge is -2.21. The summed E-state index contributed by atoms with van der Waals surface area (Å²) in [5.41, 5.74) is 5.81. The molecule has 32 heavy (non-hydrogen) atoms. The SMILES string of the molecule is Cc1ccc(C(=O)Nc2ccc(N3CCCCCC3)nc2)cc1-c1ccc(N(C)C)cc1. The molecule has 0 unspecified atom stereocenters. The van der Waals surface area contributed by atoms with Crippen LogP contribution in [0.4, 0.5) is 17.2 Å². The number of nitrogens with zero attached hydrogens (tertiary/aromatic N) is 3. The van der Waals surface area contributed by atoms with E-state index >= 15 is 0 Å². The van der Waals surface area contributed by atoms with Crippen molar-refractivity contribution >= 4 is 23.1 Å². The van der Waals surface area contributed by atoms with Crippen molar-refractivity contribution in [1.29, 1.82) is 0 Å². The summed E-state index contributed by atoms with van der Waals surface area (Å²) in [4.78, 5) is 21.9. The van der Waals surface area contributed by atoms with Crippen LogP contribution in [0.5, 0.6) is 0 Å². The van der Waals surface area contributed by atoms with Crippen molar-refractivity contribution in [2.45, 2.75) is 32.6 Å². The zero-order valence-corrected chi connectivity index (χ0v) is 19.3. The zero-order chi connectivity index (χ0) is 22.5. The Kier molecular flexibility index (Phi) is 6.74. The lowest BCUT2D eigenvalue weighted by molar-refractivity contribution is 0.102. The van der Waals surface area contributed by atoms with Crippen molar-refractivity contribution in [2.75, 3.05) is 42.3 Å². The molecule has 1 fully saturated rings. The first-order chi connectivity index (χ1) is 15.5. The highest BCUT2D eigenvalue weighted by molar-refractivity contribution is 6.05. The van der Waals surface area contributed by atoms with Crippen LogP contribution in [0.1, 0.15) is 41.6 Å². The monoisotopic (exact) mass is 428 g/mol. The molecule has 1 aliphatic rings. The van der Waals surface area contributed by atoms with Crippen molar-refractivity contribution in [3.05, 3.63) is 71.9 Å². The summed E-state index contributed by atoms with van der Waals surface area (Å²) in [5.74, 6) is 0.865. The van der Waals surface area contributed by atoms with E-state index in [1.54, 1.807) is 6.20 Å². The van der Waals surface area contributed by atoms with E-state index < -0.39 is 0 Å². The largest absolute Gasteiger partial charge is 0.378 e. The van der Waals surface area contributed by atoms with Crippen LogP contribution in [0, 0.1) is 6.92 Å². The van der Waals surface area contributed by atoms with Gasteiger partial charge in [-0.1, -0.05) is 31.0 Å². The maximum atomic E-state index is 12.9. The number of amides is 1. The van der Waals surface area contributed by atoms with Crippen LogP contribution in [-0.4, -0.2) is 38.1 Å². The van der Waals surface area contributed by atoms with Crippen molar-refractivity contribution < 1.29 is 4.79 Å². The maximum absolute atomic E-state index is 12.9. The van der Waals surface area contributed by atoms with Crippen LogP contribution in [0.2, 0.25) is 0 Å². The summed E-state index contributed by atoms with van der Waals surface area (Å²) >= 11 is 0. The molecule has 5 nitrogen and oxygen atoms in total. The third-order valence-corrected chi connectivity index (χ3v) is 6.13. The van der Waals surface area contributed by atoms with E-state index in [-0.39, 0.29) is 5.91 Å². The fourth-order valence-electron chi connectivity index (χ4n) is 4.16. The maximum Gasteiger partial charge on any atom is 0.255 e. The first-order valence-electron chi connectivity index (χ1n) is 11.4. The number of pyridine rings is 1. The summed E-state index contributed by atoms with van der Waals surface area (Å²) in [6.45, 7) is 4.18. The number of aryl methyl sites for hydroxylation is 1. The molecule has 0 atom stereocenters. The summed E-state index contributed by atoms with van der Waals surface area (Å²) in [6, 6.07) is 18.2. The second-order valence-electron chi connectivity index (χ2n) is 8.73. The number of carbonyl (C=O) groups excluding carboxylic acids is 1. The highest BCUT2D eigenvalue weighted by Crippen LogP contribution is 2.27. The first kappa shape index (κ1) is 21.9. The van der Waals surface area contributed by atoms with Crippen molar-refractivity contribution in [1.82, 2.24) is 4.98 Å². The van der Waals surface area contributed by atoms with Crippen LogP contribution in [0.15, 0.2) is 60.8 Å². The van der Waals surface area contributed by atoms with Crippen LogP contribution < -0.4 is 15.1 Å². The van der Waals surface area contributed by atoms with Gasteiger partial charge in [0, 0.05) is 38.4 Å². The van der Waals surface area contributed by atoms with Gasteiger partial charge in [-0.25, -0.2) is 4.98 Å². The molecule has 0 saturated carbocycles. The van der Waals surface area contributed by atoms with Crippen molar-refractivity contribution in [3.63, 3.8) is 0 Å². The lowest BCUT2D eigenvalue weighted by atomic mass is 9.97. The van der Waals surface area contributed by atoms with Crippen molar-refractivity contribution in [3.8, 4) is 11.1 Å². The molecule has 1 aromatic heterocycles. The van der Waals surface area contributed by atoms with Gasteiger partial charge >= 0.3 is 0 Å². The topological polar surface area (TPSA) is 48.5 Å². The van der Waals surface area contributed by atoms with Gasteiger partial charge in [-0.2, -0.15) is 0 Å². The molecule has 0 bridgehead atoms. The minimum absolute atomic E-state index is 0.125. The quantitative estimate of drug-likeness (QED) is 0.562. The fourth-order valence-corrected chi connectivity index (χ4v) is 4.16. The van der Waals surface area contributed by atoms with Gasteiger partial charge in [0.15, 0.2) is 0 Å². The molecule has 1 aliphatic heterocycles. The number of aromatic nitrogens is 1. The Hall–Kier alpha value is -3.34. The summed E-state index contributed by atoms with van der Waals surface area (Å²) in [5, 5.41) is 3.00. The smallest absolute Gasteiger partial charge is 0.255 e. The van der Waals surface area contributed by atoms with Crippen LogP contribution >= 0.6 is 0 Å². The molecular formula is C27H32N4O. The fraction of sp³-hybridized carbons (Fsp3) is 0.333. The van der Waals surface area contributed by atoms with Gasteiger partial charge in [-0.15, -0.1) is 0 Å². The second-order valence-corrected chi connectivity index (χ2v) is 8.73. The van der Waals surface area contributed by atoms with Crippen LogP contribution in [0.3, 0.4) is 0 Å². The molecule has 4 rings (SSSR count). The van der Waals surface area contributed by atoms with E-state index in [1.165, 1.54) is 25.7 Å². The zero-order valence-electron chi connectivity index (χ0n) is 19.3. The molecule has 0 spiro atoms. The van der Waals surface area contributed by atoms with Gasteiger partial charge in [0.25, 0.3) is 5.91 Å². The highest BCUT2D eigenvalue weighted by Gasteiger charge is 2.13. The molecule has 5 heteroatoms. The molecular weight excluding hydrogens is 396 g/mol. The molecule has 3 aromatic rings. The van der Waals surface area contributed by atoms with Gasteiger partial charge in [0.05, 0.1) is 11.9 Å². The van der Waals surface area contributed by atoms with Crippen LogP contribution in [-0.2, 0) is 0 Å². The van der Waals surface area contributed by atoms with E-state index in [1.807, 2.05) is 44.4 Å². The number of benzene rings is 2. The predicted octanol–water partition coefficient (Wildman–Crippen LogP) is 5.76. The second kappa shape index (κ2) is 9.86. The Morgan fingerprint density at radius 2 is 1.66 bits per heavy atom. The normalized spacial score (nSPS) is 14.0. The Labute approximate surface area is 191 Å². The van der Waals surface area contributed by atoms with Gasteiger partial charge < -0.3 is 15.1 Å². The molecule has 166 valence electrons. The summed E-state index contributed by atoms with van der Waals surface area (Å²) in [6.07, 6.45) is 6.78. The molecule has 0 aliphatic carbocycles. The average Bonchev–Trinajstić information content (AvgIpc) is 3.09. The Morgan fingerprint density at radius 1 is 0.938 bits per heavy atom. The van der Waals surface area contributed by atoms with Gasteiger partial charge in [-0.3, -0.25) is 4.79 Å². The molecule has 1 amide bonds. The van der Waals surface area contributed by atoms with E-state index in [0.717, 1.165) is 41.3 Å². The number of anilines is 3. The number of nitrogens with one attached hydrogen (secondary N) is 1. The third kappa shape index (κ3) is 5.10. The van der Waals surface area contributed by atoms with E-state index in [4.69, 9.17) is 0 Å². The number of carbonyl (C=O) groups is 1. The molecule has 1 N–H and O–H groups in total. The Morgan fingerprint density at radius 3 is 2.28 bits per heavy atom. The molecule has 2 aromatic carbocycles. The minimum atomic E-state index is -0.125. The number of hydrogen-bond donors (Lipinski definition) is 1. The standard InChI is InChI=1S/C27H32N4O/c1-20-8-9-22(18-25(20)21-10-13-24(14-11-21)30(2)3)27(32)29-23-12-15-26(28-19-23)31-16-6-4-5-7-17-31/h8-15,18-19H,4-7,16-17H2,1-3H3,(H,29,32). The molecule has 1 saturated heterocycles. The van der Waals surface area contributed by atoms with Crippen LogP contribution in [0.25, 0.3) is 11.1 Å². The number of hydrogen-bond acceptors (Lipinski definition) is 4. The average molecular weight is 429 g/mol. The predicted molar refractivity (Wildman–Crippen MR) is 134 cm³/mol. The Balaban J connectivity index is 1.48. The Bertz CT molecular complexity index is 1050. The highest BCUT2D eigenvalue weighted by atomic mass is 16.1. The molecule has 2 heterocycles. The van der Waals surface area contributed by atoms with Gasteiger partial charge in [-0.05, 0) is 72.9 Å². The third-order valence-electron chi connectivity index (χ3n) is 6.13. The lowest BCUT2D eigenvalue weighted by Crippen LogP contribution is -2.24. The first-order valence-corrected chi connectivity index (χ1v) is 11.4. The summed E-state index contributed by atoms with van der Waals surface area (Å²) in [7, 11) is 4.06. The van der Waals surface area contributed by atoms with E-state index in [9.17, 15) is 4.79 Å².